The molecule has 0 aliphatic rings. The van der Waals surface area contributed by atoms with Gasteiger partial charge in [-0.15, -0.1) is 9.72 Å². The van der Waals surface area contributed by atoms with Crippen molar-refractivity contribution in [1.82, 2.24) is 10.3 Å². The van der Waals surface area contributed by atoms with Gasteiger partial charge in [0.25, 0.3) is 0 Å². The molecule has 0 bridgehead atoms. The second-order valence-corrected chi connectivity index (χ2v) is 1.69. The third-order valence-electron chi connectivity index (χ3n) is 1.03. The molecular formula is C2H4N8O3. The third kappa shape index (κ3) is 1.42. The molecule has 0 fully saturated rings. The SMILES string of the molecule is NN=[N+]([O-])c1nonc1[N+]([O-])=NN. The van der Waals surface area contributed by atoms with Gasteiger partial charge in [-0.2, -0.15) is 0 Å². The molecule has 0 saturated heterocycles. The third-order valence-corrected chi connectivity index (χ3v) is 1.03. The fourth-order valence-electron chi connectivity index (χ4n) is 0.530. The number of nitrogens with two attached hydrogens (primary N) is 2. The maximum absolute atomic E-state index is 10.7. The lowest BCUT2D eigenvalue weighted by atomic mass is 10.7. The van der Waals surface area contributed by atoms with E-state index in [2.05, 4.69) is 37.1 Å². The normalized spacial score (nSPS) is 13.2. The smallest absolute Gasteiger partial charge is 0.413 e. The first-order valence-corrected chi connectivity index (χ1v) is 2.79. The van der Waals surface area contributed by atoms with Crippen LogP contribution in [0.2, 0.25) is 0 Å². The Morgan fingerprint density at radius 2 is 1.46 bits per heavy atom. The standard InChI is InChI=1S/C2H4N8O3/c3-7-9(11)1-2(6-13-5-1)10(12)8-4/h3-4H2. The fourth-order valence-corrected chi connectivity index (χ4v) is 0.530. The zero-order chi connectivity index (χ0) is 9.84. The van der Waals surface area contributed by atoms with Crippen molar-refractivity contribution in [2.75, 3.05) is 0 Å². The van der Waals surface area contributed by atoms with Gasteiger partial charge in [0.2, 0.25) is 0 Å². The lowest BCUT2D eigenvalue weighted by Crippen LogP contribution is -2.02. The van der Waals surface area contributed by atoms with Crippen LogP contribution in [0.5, 0.6) is 0 Å². The zero-order valence-electron chi connectivity index (χ0n) is 6.06. The number of nitrogens with zero attached hydrogens (tertiary/aromatic N) is 6. The van der Waals surface area contributed by atoms with Gasteiger partial charge in [-0.25, -0.2) is 11.7 Å². The molecule has 0 aromatic carbocycles. The lowest BCUT2D eigenvalue weighted by Gasteiger charge is -2.01. The lowest BCUT2D eigenvalue weighted by molar-refractivity contribution is -0.482. The molecule has 1 aromatic rings. The van der Waals surface area contributed by atoms with E-state index in [9.17, 15) is 10.4 Å². The van der Waals surface area contributed by atoms with Gasteiger partial charge >= 0.3 is 11.6 Å². The quantitative estimate of drug-likeness (QED) is 0.259. The average molecular weight is 188 g/mol. The summed E-state index contributed by atoms with van der Waals surface area (Å²) in [6, 6.07) is 0. The zero-order valence-corrected chi connectivity index (χ0v) is 6.06. The maximum atomic E-state index is 10.7. The highest BCUT2D eigenvalue weighted by atomic mass is 16.6. The fraction of sp³-hybridized carbons (Fsp3) is 0. The summed E-state index contributed by atoms with van der Waals surface area (Å²) in [5.74, 6) is 8.17. The van der Waals surface area contributed by atoms with Crippen molar-refractivity contribution in [1.29, 1.82) is 0 Å². The molecule has 13 heavy (non-hydrogen) atoms. The van der Waals surface area contributed by atoms with Crippen molar-refractivity contribution in [3.05, 3.63) is 10.4 Å². The number of rotatable bonds is 2. The molecule has 1 aromatic heterocycles. The molecule has 0 aliphatic heterocycles. The van der Waals surface area contributed by atoms with Gasteiger partial charge in [0.05, 0.1) is 0 Å². The first kappa shape index (κ1) is 8.63. The molecule has 0 spiro atoms. The van der Waals surface area contributed by atoms with Crippen molar-refractivity contribution in [2.24, 2.45) is 22.1 Å². The van der Waals surface area contributed by atoms with Gasteiger partial charge in [0, 0.05) is 10.4 Å². The Morgan fingerprint density at radius 1 is 1.08 bits per heavy atom. The van der Waals surface area contributed by atoms with Crippen molar-refractivity contribution in [3.8, 4) is 0 Å². The van der Waals surface area contributed by atoms with Crippen molar-refractivity contribution in [2.45, 2.75) is 0 Å². The largest absolute Gasteiger partial charge is 0.721 e. The Morgan fingerprint density at radius 3 is 1.77 bits per heavy atom. The van der Waals surface area contributed by atoms with Crippen molar-refractivity contribution >= 4 is 11.6 Å². The van der Waals surface area contributed by atoms with E-state index in [4.69, 9.17) is 0 Å². The van der Waals surface area contributed by atoms with Crippen LogP contribution >= 0.6 is 0 Å². The van der Waals surface area contributed by atoms with Crippen molar-refractivity contribution in [3.63, 3.8) is 0 Å². The Balaban J connectivity index is 3.18. The summed E-state index contributed by atoms with van der Waals surface area (Å²) in [6.07, 6.45) is 0. The van der Waals surface area contributed by atoms with E-state index in [-0.39, 0.29) is 9.72 Å². The van der Waals surface area contributed by atoms with Gasteiger partial charge in [-0.1, -0.05) is 4.63 Å². The molecule has 70 valence electrons. The summed E-state index contributed by atoms with van der Waals surface area (Å²) in [6.45, 7) is 0. The molecule has 0 aliphatic carbocycles. The second-order valence-electron chi connectivity index (χ2n) is 1.69. The molecule has 1 heterocycles. The van der Waals surface area contributed by atoms with Crippen LogP contribution in [-0.2, 0) is 0 Å². The Kier molecular flexibility index (Phi) is 2.19. The first-order valence-electron chi connectivity index (χ1n) is 2.79. The van der Waals surface area contributed by atoms with Gasteiger partial charge < -0.3 is 10.4 Å². The Bertz CT molecular complexity index is 320. The molecule has 0 radical (unpaired) electrons. The highest BCUT2D eigenvalue weighted by molar-refractivity contribution is 5.35. The van der Waals surface area contributed by atoms with Gasteiger partial charge in [-0.05, 0) is 0 Å². The van der Waals surface area contributed by atoms with Crippen LogP contribution in [-0.4, -0.2) is 20.0 Å². The summed E-state index contributed by atoms with van der Waals surface area (Å²) in [5.41, 5.74) is 0. The summed E-state index contributed by atoms with van der Waals surface area (Å²) < 4.78 is 4.08. The molecule has 1 rings (SSSR count). The van der Waals surface area contributed by atoms with E-state index in [0.717, 1.165) is 0 Å². The number of hydrogen-bond acceptors (Lipinski definition) is 7. The molecular weight excluding hydrogens is 184 g/mol. The van der Waals surface area contributed by atoms with E-state index >= 15 is 0 Å². The van der Waals surface area contributed by atoms with E-state index in [1.165, 1.54) is 0 Å². The summed E-state index contributed by atoms with van der Waals surface area (Å²) in [7, 11) is 0. The minimum Gasteiger partial charge on any atom is -0.721 e. The molecule has 4 N–H and O–H groups in total. The van der Waals surface area contributed by atoms with E-state index < -0.39 is 11.6 Å². The van der Waals surface area contributed by atoms with Crippen LogP contribution < -0.4 is 11.7 Å². The summed E-state index contributed by atoms with van der Waals surface area (Å²) >= 11 is 0. The molecule has 0 atom stereocenters. The monoisotopic (exact) mass is 188 g/mol. The average Bonchev–Trinajstić information content (AvgIpc) is 2.63. The second kappa shape index (κ2) is 3.29. The predicted molar refractivity (Wildman–Crippen MR) is 34.1 cm³/mol. The van der Waals surface area contributed by atoms with Crippen LogP contribution in [0.1, 0.15) is 0 Å². The maximum Gasteiger partial charge on any atom is 0.413 e. The predicted octanol–water partition coefficient (Wildman–Crippen LogP) is -0.995. The first-order chi connectivity index (χ1) is 6.20. The number of hydrogen-bond donors (Lipinski definition) is 2. The Labute approximate surface area is 70.0 Å². The van der Waals surface area contributed by atoms with Gasteiger partial charge in [0.15, 0.2) is 0 Å². The van der Waals surface area contributed by atoms with Crippen LogP contribution in [0.15, 0.2) is 15.1 Å². The van der Waals surface area contributed by atoms with E-state index in [1.807, 2.05) is 0 Å². The van der Waals surface area contributed by atoms with Crippen LogP contribution in [0, 0.1) is 10.4 Å². The van der Waals surface area contributed by atoms with Crippen molar-refractivity contribution < 1.29 is 14.4 Å². The topological polar surface area (TPSA) is 168 Å². The molecule has 0 unspecified atom stereocenters. The summed E-state index contributed by atoms with van der Waals surface area (Å²) in [5, 5.41) is 32.9. The molecule has 11 nitrogen and oxygen atoms in total. The molecule has 0 saturated carbocycles. The highest BCUT2D eigenvalue weighted by Crippen LogP contribution is 2.20. The van der Waals surface area contributed by atoms with Crippen LogP contribution in [0.3, 0.4) is 0 Å². The van der Waals surface area contributed by atoms with Gasteiger partial charge in [-0.3, -0.25) is 0 Å². The van der Waals surface area contributed by atoms with Crippen LogP contribution in [0.25, 0.3) is 0 Å². The number of aromatic nitrogens is 2. The highest BCUT2D eigenvalue weighted by Gasteiger charge is 2.24. The summed E-state index contributed by atoms with van der Waals surface area (Å²) in [4.78, 5) is -0.330. The van der Waals surface area contributed by atoms with E-state index in [0.29, 0.717) is 0 Å². The molecule has 0 amide bonds. The Hall–Kier alpha value is -2.46. The minimum absolute atomic E-state index is 0.165. The van der Waals surface area contributed by atoms with Crippen LogP contribution in [0.4, 0.5) is 11.6 Å². The minimum atomic E-state index is -0.535. The molecule has 11 heteroatoms. The van der Waals surface area contributed by atoms with E-state index in [1.54, 1.807) is 0 Å². The van der Waals surface area contributed by atoms with Gasteiger partial charge in [0.1, 0.15) is 10.3 Å².